The maximum atomic E-state index is 10.9. The van der Waals surface area contributed by atoms with Crippen molar-refractivity contribution in [2.24, 2.45) is 5.14 Å². The quantitative estimate of drug-likeness (QED) is 0.807. The molecule has 0 saturated heterocycles. The molecule has 71 valence electrons. The number of hydrogen-bond acceptors (Lipinski definition) is 2. The number of nitrogens with two attached hydrogens (primary N) is 1. The summed E-state index contributed by atoms with van der Waals surface area (Å²) in [6, 6.07) is 2.19. The lowest BCUT2D eigenvalue weighted by atomic mass is 10.3. The Balaban J connectivity index is 3.50. The standard InChI is InChI=1S/C6H5Cl2N2O2S/c7-3-1-5(9)6(2-4(3)8)13(10,11)12/h1-2,9H,(H2,10,11,12). The fourth-order valence-electron chi connectivity index (χ4n) is 0.764. The van der Waals surface area contributed by atoms with Crippen molar-refractivity contribution in [2.75, 3.05) is 0 Å². The minimum atomic E-state index is -3.90. The van der Waals surface area contributed by atoms with E-state index in [-0.39, 0.29) is 20.6 Å². The maximum absolute atomic E-state index is 10.9. The van der Waals surface area contributed by atoms with Crippen LogP contribution in [0.2, 0.25) is 10.0 Å². The molecule has 3 N–H and O–H groups in total. The normalized spacial score (nSPS) is 11.6. The molecule has 0 aliphatic heterocycles. The first-order valence-corrected chi connectivity index (χ1v) is 5.36. The molecule has 1 radical (unpaired) electrons. The Labute approximate surface area is 85.5 Å². The zero-order valence-corrected chi connectivity index (χ0v) is 8.54. The average molecular weight is 240 g/mol. The molecule has 0 saturated carbocycles. The third kappa shape index (κ3) is 2.25. The molecule has 1 aromatic rings. The highest BCUT2D eigenvalue weighted by atomic mass is 35.5. The van der Waals surface area contributed by atoms with Gasteiger partial charge in [0.2, 0.25) is 10.0 Å². The Morgan fingerprint density at radius 2 is 1.69 bits per heavy atom. The summed E-state index contributed by atoms with van der Waals surface area (Å²) in [5, 5.41) is 5.01. The lowest BCUT2D eigenvalue weighted by molar-refractivity contribution is 0.598. The van der Waals surface area contributed by atoms with Crippen molar-refractivity contribution < 1.29 is 8.42 Å². The largest absolute Gasteiger partial charge is 0.299 e. The maximum Gasteiger partial charge on any atom is 0.240 e. The Morgan fingerprint density at radius 3 is 2.15 bits per heavy atom. The number of rotatable bonds is 1. The van der Waals surface area contributed by atoms with Gasteiger partial charge in [-0.25, -0.2) is 13.6 Å². The molecule has 0 aliphatic carbocycles. The number of sulfonamides is 1. The van der Waals surface area contributed by atoms with Crippen LogP contribution in [-0.4, -0.2) is 8.42 Å². The Bertz CT molecular complexity index is 444. The second-order valence-corrected chi connectivity index (χ2v) is 4.65. The molecule has 0 aliphatic rings. The van der Waals surface area contributed by atoms with Gasteiger partial charge in [-0.15, -0.1) is 0 Å². The van der Waals surface area contributed by atoms with Crippen LogP contribution in [0.25, 0.3) is 0 Å². The fraction of sp³-hybridized carbons (Fsp3) is 0. The van der Waals surface area contributed by atoms with E-state index in [2.05, 4.69) is 0 Å². The van der Waals surface area contributed by atoms with Gasteiger partial charge in [0.25, 0.3) is 0 Å². The molecule has 0 aromatic heterocycles. The SMILES string of the molecule is [NH]c1cc(Cl)c(Cl)cc1S(N)(=O)=O. The van der Waals surface area contributed by atoms with Crippen LogP contribution >= 0.6 is 23.2 Å². The zero-order chi connectivity index (χ0) is 10.2. The zero-order valence-electron chi connectivity index (χ0n) is 6.21. The molecule has 4 nitrogen and oxygen atoms in total. The molecule has 13 heavy (non-hydrogen) atoms. The number of benzene rings is 1. The molecule has 1 aromatic carbocycles. The van der Waals surface area contributed by atoms with Crippen LogP contribution in [-0.2, 0) is 10.0 Å². The lowest BCUT2D eigenvalue weighted by Gasteiger charge is -2.03. The van der Waals surface area contributed by atoms with E-state index in [0.717, 1.165) is 12.1 Å². The van der Waals surface area contributed by atoms with Crippen LogP contribution in [0.3, 0.4) is 0 Å². The van der Waals surface area contributed by atoms with Gasteiger partial charge in [-0.1, -0.05) is 23.2 Å². The van der Waals surface area contributed by atoms with E-state index < -0.39 is 10.0 Å². The third-order valence-corrected chi connectivity index (χ3v) is 3.00. The van der Waals surface area contributed by atoms with Gasteiger partial charge in [0.1, 0.15) is 4.90 Å². The minimum Gasteiger partial charge on any atom is -0.299 e. The van der Waals surface area contributed by atoms with E-state index in [4.69, 9.17) is 34.1 Å². The molecular weight excluding hydrogens is 235 g/mol. The van der Waals surface area contributed by atoms with Crippen LogP contribution in [0.5, 0.6) is 0 Å². The summed E-state index contributed by atoms with van der Waals surface area (Å²) in [5.74, 6) is 0. The van der Waals surface area contributed by atoms with Crippen LogP contribution in [0, 0.1) is 0 Å². The number of nitrogens with one attached hydrogen (secondary N) is 1. The van der Waals surface area contributed by atoms with Crippen molar-refractivity contribution >= 4 is 38.9 Å². The van der Waals surface area contributed by atoms with E-state index >= 15 is 0 Å². The van der Waals surface area contributed by atoms with Crippen LogP contribution in [0.1, 0.15) is 0 Å². The molecule has 0 bridgehead atoms. The number of hydrogen-bond donors (Lipinski definition) is 1. The lowest BCUT2D eigenvalue weighted by Crippen LogP contribution is -2.12. The minimum absolute atomic E-state index is 0.0571. The summed E-state index contributed by atoms with van der Waals surface area (Å²) < 4.78 is 21.7. The van der Waals surface area contributed by atoms with Crippen LogP contribution < -0.4 is 10.9 Å². The van der Waals surface area contributed by atoms with Gasteiger partial charge in [0.15, 0.2) is 0 Å². The predicted octanol–water partition coefficient (Wildman–Crippen LogP) is 1.56. The predicted molar refractivity (Wildman–Crippen MR) is 50.6 cm³/mol. The van der Waals surface area contributed by atoms with Crippen LogP contribution in [0.15, 0.2) is 17.0 Å². The number of halogens is 2. The van der Waals surface area contributed by atoms with Gasteiger partial charge < -0.3 is 0 Å². The highest BCUT2D eigenvalue weighted by Gasteiger charge is 2.14. The monoisotopic (exact) mass is 239 g/mol. The molecule has 0 heterocycles. The van der Waals surface area contributed by atoms with Gasteiger partial charge in [-0.3, -0.25) is 5.73 Å². The molecule has 0 amide bonds. The topological polar surface area (TPSA) is 84.0 Å². The summed E-state index contributed by atoms with van der Waals surface area (Å²) in [6.07, 6.45) is 0. The van der Waals surface area contributed by atoms with E-state index in [1.54, 1.807) is 0 Å². The molecule has 0 atom stereocenters. The first-order chi connectivity index (χ1) is 5.82. The Morgan fingerprint density at radius 1 is 1.23 bits per heavy atom. The van der Waals surface area contributed by atoms with Gasteiger partial charge in [0.05, 0.1) is 15.7 Å². The fourth-order valence-corrected chi connectivity index (χ4v) is 1.80. The summed E-state index contributed by atoms with van der Waals surface area (Å²) in [7, 11) is -3.90. The van der Waals surface area contributed by atoms with E-state index in [0.29, 0.717) is 0 Å². The molecule has 0 fully saturated rings. The van der Waals surface area contributed by atoms with Gasteiger partial charge in [-0.2, -0.15) is 0 Å². The highest BCUT2D eigenvalue weighted by Crippen LogP contribution is 2.29. The van der Waals surface area contributed by atoms with Crippen LogP contribution in [0.4, 0.5) is 5.69 Å². The highest BCUT2D eigenvalue weighted by molar-refractivity contribution is 7.89. The summed E-state index contributed by atoms with van der Waals surface area (Å²) in [4.78, 5) is -0.332. The Hall–Kier alpha value is -0.490. The molecule has 0 spiro atoms. The van der Waals surface area contributed by atoms with Crippen molar-refractivity contribution in [3.05, 3.63) is 22.2 Å². The van der Waals surface area contributed by atoms with Gasteiger partial charge in [0, 0.05) is 0 Å². The van der Waals surface area contributed by atoms with Crippen molar-refractivity contribution in [3.63, 3.8) is 0 Å². The molecule has 0 unspecified atom stereocenters. The van der Waals surface area contributed by atoms with Crippen molar-refractivity contribution in [1.29, 1.82) is 0 Å². The van der Waals surface area contributed by atoms with Gasteiger partial charge in [-0.05, 0) is 12.1 Å². The summed E-state index contributed by atoms with van der Waals surface area (Å²) in [6.45, 7) is 0. The smallest absolute Gasteiger partial charge is 0.240 e. The molecule has 1 rings (SSSR count). The first-order valence-electron chi connectivity index (χ1n) is 3.06. The first kappa shape index (κ1) is 10.6. The van der Waals surface area contributed by atoms with E-state index in [9.17, 15) is 8.42 Å². The summed E-state index contributed by atoms with van der Waals surface area (Å²) >= 11 is 11.1. The second kappa shape index (κ2) is 3.34. The molecule has 7 heteroatoms. The van der Waals surface area contributed by atoms with E-state index in [1.165, 1.54) is 0 Å². The van der Waals surface area contributed by atoms with Crippen molar-refractivity contribution in [1.82, 2.24) is 5.73 Å². The van der Waals surface area contributed by atoms with Crippen molar-refractivity contribution in [2.45, 2.75) is 4.90 Å². The summed E-state index contributed by atoms with van der Waals surface area (Å²) in [5.41, 5.74) is 6.99. The number of primary sulfonamides is 1. The molecular formula is C6H5Cl2N2O2S. The Kier molecular flexibility index (Phi) is 2.72. The second-order valence-electron chi connectivity index (χ2n) is 2.31. The third-order valence-electron chi connectivity index (χ3n) is 1.33. The van der Waals surface area contributed by atoms with Gasteiger partial charge >= 0.3 is 0 Å². The average Bonchev–Trinajstić information content (AvgIpc) is 1.94. The van der Waals surface area contributed by atoms with Crippen molar-refractivity contribution in [3.8, 4) is 0 Å². The van der Waals surface area contributed by atoms with E-state index in [1.807, 2.05) is 0 Å².